The van der Waals surface area contributed by atoms with Crippen molar-refractivity contribution >= 4 is 16.9 Å². The van der Waals surface area contributed by atoms with Crippen LogP contribution in [0.1, 0.15) is 12.0 Å². The summed E-state index contributed by atoms with van der Waals surface area (Å²) < 4.78 is 11.0. The van der Waals surface area contributed by atoms with E-state index in [1.807, 2.05) is 24.3 Å². The van der Waals surface area contributed by atoms with Crippen LogP contribution in [0.2, 0.25) is 0 Å². The first-order valence-electron chi connectivity index (χ1n) is 6.50. The topological polar surface area (TPSA) is 59.7 Å². The number of ether oxygens (including phenoxy) is 1. The maximum atomic E-state index is 11.1. The Morgan fingerprint density at radius 2 is 2.11 bits per heavy atom. The standard InChI is InChI=1S/C15H14O4/c16-14(17)10-5-11(10)15(7-18-8-15)12-6-19-13-4-2-1-3-9(12)13/h1-4,6,10-11H,5,7-8H2,(H,16,17). The van der Waals surface area contributed by atoms with Gasteiger partial charge in [-0.3, -0.25) is 4.79 Å². The molecule has 1 N–H and O–H groups in total. The number of furan rings is 1. The van der Waals surface area contributed by atoms with Crippen molar-refractivity contribution in [1.29, 1.82) is 0 Å². The van der Waals surface area contributed by atoms with E-state index in [-0.39, 0.29) is 17.3 Å². The highest BCUT2D eigenvalue weighted by Gasteiger charge is 2.61. The number of hydrogen-bond donors (Lipinski definition) is 1. The van der Waals surface area contributed by atoms with E-state index in [9.17, 15) is 4.79 Å². The van der Waals surface area contributed by atoms with Crippen molar-refractivity contribution in [3.05, 3.63) is 36.1 Å². The van der Waals surface area contributed by atoms with Gasteiger partial charge in [0.2, 0.25) is 0 Å². The van der Waals surface area contributed by atoms with E-state index >= 15 is 0 Å². The van der Waals surface area contributed by atoms with Crippen LogP contribution in [0.15, 0.2) is 34.9 Å². The molecule has 1 saturated heterocycles. The molecular formula is C15H14O4. The van der Waals surface area contributed by atoms with E-state index in [0.717, 1.165) is 23.0 Å². The Balaban J connectivity index is 1.79. The summed E-state index contributed by atoms with van der Waals surface area (Å²) in [5.41, 5.74) is 1.81. The van der Waals surface area contributed by atoms with Crippen LogP contribution in [-0.2, 0) is 14.9 Å². The number of carboxylic acids is 1. The molecule has 98 valence electrons. The van der Waals surface area contributed by atoms with Crippen molar-refractivity contribution in [2.45, 2.75) is 11.8 Å². The SMILES string of the molecule is O=C(O)C1CC1C1(c2coc3ccccc23)COC1. The highest BCUT2D eigenvalue weighted by Crippen LogP contribution is 2.57. The minimum atomic E-state index is -0.691. The minimum absolute atomic E-state index is 0.157. The first-order valence-corrected chi connectivity index (χ1v) is 6.50. The summed E-state index contributed by atoms with van der Waals surface area (Å²) in [6, 6.07) is 7.90. The van der Waals surface area contributed by atoms with Gasteiger partial charge in [0.15, 0.2) is 0 Å². The average molecular weight is 258 g/mol. The fourth-order valence-corrected chi connectivity index (χ4v) is 3.33. The molecule has 0 bridgehead atoms. The number of aliphatic carboxylic acids is 1. The Morgan fingerprint density at radius 3 is 2.74 bits per heavy atom. The third-order valence-corrected chi connectivity index (χ3v) is 4.55. The van der Waals surface area contributed by atoms with Gasteiger partial charge in [0.05, 0.1) is 25.4 Å². The summed E-state index contributed by atoms with van der Waals surface area (Å²) in [6.07, 6.45) is 2.53. The van der Waals surface area contributed by atoms with Crippen molar-refractivity contribution in [3.63, 3.8) is 0 Å². The predicted octanol–water partition coefficient (Wildman–Crippen LogP) is 2.42. The molecule has 1 saturated carbocycles. The molecule has 4 heteroatoms. The molecule has 1 aromatic heterocycles. The van der Waals surface area contributed by atoms with Crippen molar-refractivity contribution in [2.75, 3.05) is 13.2 Å². The predicted molar refractivity (Wildman–Crippen MR) is 67.9 cm³/mol. The van der Waals surface area contributed by atoms with Gasteiger partial charge in [-0.15, -0.1) is 0 Å². The lowest BCUT2D eigenvalue weighted by Gasteiger charge is -2.42. The third-order valence-electron chi connectivity index (χ3n) is 4.55. The Morgan fingerprint density at radius 1 is 1.32 bits per heavy atom. The molecule has 19 heavy (non-hydrogen) atoms. The number of carboxylic acid groups (broad SMARTS) is 1. The van der Waals surface area contributed by atoms with Gasteiger partial charge in [0.1, 0.15) is 5.58 Å². The van der Waals surface area contributed by atoms with Gasteiger partial charge in [-0.25, -0.2) is 0 Å². The summed E-state index contributed by atoms with van der Waals surface area (Å²) in [6.45, 7) is 1.20. The van der Waals surface area contributed by atoms with Crippen LogP contribution in [0.5, 0.6) is 0 Å². The molecule has 2 heterocycles. The van der Waals surface area contributed by atoms with E-state index in [1.165, 1.54) is 0 Å². The zero-order chi connectivity index (χ0) is 13.0. The molecule has 2 aliphatic rings. The zero-order valence-corrected chi connectivity index (χ0v) is 10.3. The minimum Gasteiger partial charge on any atom is -0.481 e. The maximum Gasteiger partial charge on any atom is 0.306 e. The Hall–Kier alpha value is -1.81. The van der Waals surface area contributed by atoms with E-state index in [0.29, 0.717) is 13.2 Å². The highest BCUT2D eigenvalue weighted by atomic mass is 16.5. The van der Waals surface area contributed by atoms with Gasteiger partial charge in [-0.2, -0.15) is 0 Å². The number of hydrogen-bond acceptors (Lipinski definition) is 3. The molecule has 1 aliphatic heterocycles. The quantitative estimate of drug-likeness (QED) is 0.918. The summed E-state index contributed by atoms with van der Waals surface area (Å²) in [5.74, 6) is -0.735. The second-order valence-corrected chi connectivity index (χ2v) is 5.58. The van der Waals surface area contributed by atoms with Gasteiger partial charge in [0, 0.05) is 16.4 Å². The van der Waals surface area contributed by atoms with Gasteiger partial charge in [-0.1, -0.05) is 18.2 Å². The van der Waals surface area contributed by atoms with Crippen LogP contribution in [0, 0.1) is 11.8 Å². The third kappa shape index (κ3) is 1.40. The number of carbonyl (C=O) groups is 1. The Bertz CT molecular complexity index is 653. The van der Waals surface area contributed by atoms with Crippen LogP contribution in [0.25, 0.3) is 11.0 Å². The molecule has 4 rings (SSSR count). The molecule has 2 aromatic rings. The molecular weight excluding hydrogens is 244 g/mol. The molecule has 0 amide bonds. The maximum absolute atomic E-state index is 11.1. The van der Waals surface area contributed by atoms with Crippen molar-refractivity contribution < 1.29 is 19.1 Å². The Labute approximate surface area is 110 Å². The molecule has 1 aliphatic carbocycles. The number of para-hydroxylation sites is 1. The smallest absolute Gasteiger partial charge is 0.306 e. The van der Waals surface area contributed by atoms with Crippen molar-refractivity contribution in [3.8, 4) is 0 Å². The summed E-state index contributed by atoms with van der Waals surface area (Å²) in [5, 5.41) is 10.2. The van der Waals surface area contributed by atoms with E-state index < -0.39 is 5.97 Å². The van der Waals surface area contributed by atoms with Gasteiger partial charge >= 0.3 is 5.97 Å². The van der Waals surface area contributed by atoms with E-state index in [4.69, 9.17) is 14.3 Å². The molecule has 2 atom stereocenters. The van der Waals surface area contributed by atoms with Crippen molar-refractivity contribution in [2.24, 2.45) is 11.8 Å². The molecule has 0 spiro atoms. The normalized spacial score (nSPS) is 28.0. The van der Waals surface area contributed by atoms with Crippen LogP contribution < -0.4 is 0 Å². The molecule has 2 fully saturated rings. The lowest BCUT2D eigenvalue weighted by Crippen LogP contribution is -2.49. The van der Waals surface area contributed by atoms with E-state index in [1.54, 1.807) is 6.26 Å². The summed E-state index contributed by atoms with van der Waals surface area (Å²) in [4.78, 5) is 11.1. The molecule has 1 aromatic carbocycles. The fourth-order valence-electron chi connectivity index (χ4n) is 3.33. The van der Waals surface area contributed by atoms with Crippen LogP contribution in [-0.4, -0.2) is 24.3 Å². The number of rotatable bonds is 3. The van der Waals surface area contributed by atoms with Gasteiger partial charge in [0.25, 0.3) is 0 Å². The molecule has 0 radical (unpaired) electrons. The zero-order valence-electron chi connectivity index (χ0n) is 10.3. The summed E-state index contributed by atoms with van der Waals surface area (Å²) in [7, 11) is 0. The largest absolute Gasteiger partial charge is 0.481 e. The van der Waals surface area contributed by atoms with Crippen LogP contribution in [0.3, 0.4) is 0 Å². The monoisotopic (exact) mass is 258 g/mol. The van der Waals surface area contributed by atoms with Gasteiger partial charge in [-0.05, 0) is 18.4 Å². The second kappa shape index (κ2) is 3.61. The lowest BCUT2D eigenvalue weighted by atomic mass is 9.73. The first kappa shape index (κ1) is 11.1. The Kier molecular flexibility index (Phi) is 2.10. The highest BCUT2D eigenvalue weighted by molar-refractivity contribution is 5.83. The van der Waals surface area contributed by atoms with Crippen LogP contribution in [0.4, 0.5) is 0 Å². The molecule has 2 unspecified atom stereocenters. The van der Waals surface area contributed by atoms with Gasteiger partial charge < -0.3 is 14.3 Å². The number of fused-ring (bicyclic) bond motifs is 1. The second-order valence-electron chi connectivity index (χ2n) is 5.58. The van der Waals surface area contributed by atoms with Crippen molar-refractivity contribution in [1.82, 2.24) is 0 Å². The number of benzene rings is 1. The lowest BCUT2D eigenvalue weighted by molar-refractivity contribution is -0.140. The van der Waals surface area contributed by atoms with E-state index in [2.05, 4.69) is 0 Å². The fraction of sp³-hybridized carbons (Fsp3) is 0.400. The molecule has 4 nitrogen and oxygen atoms in total. The first-order chi connectivity index (χ1) is 9.22. The summed E-state index contributed by atoms with van der Waals surface area (Å²) >= 11 is 0. The average Bonchev–Trinajstić information content (AvgIpc) is 3.03. The van der Waals surface area contributed by atoms with Crippen LogP contribution >= 0.6 is 0 Å².